The molecule has 0 rings (SSSR count). The van der Waals surface area contributed by atoms with Crippen LogP contribution >= 0.6 is 0 Å². The number of rotatable bonds is 0. The molecule has 0 aliphatic rings. The van der Waals surface area contributed by atoms with E-state index >= 15 is 0 Å². The van der Waals surface area contributed by atoms with Crippen molar-refractivity contribution in [3.8, 4) is 0 Å². The van der Waals surface area contributed by atoms with Crippen LogP contribution in [0.4, 0.5) is 0 Å². The van der Waals surface area contributed by atoms with Gasteiger partial charge in [-0.05, 0) is 0 Å². The van der Waals surface area contributed by atoms with Crippen LogP contribution in [0, 0.1) is 0 Å². The molecular formula is C2H11NO2S. The Morgan fingerprint density at radius 2 is 1.33 bits per heavy atom. The van der Waals surface area contributed by atoms with Crippen LogP contribution in [0.5, 0.6) is 0 Å². The van der Waals surface area contributed by atoms with E-state index in [1.165, 1.54) is 0 Å². The molecule has 42 valence electrons. The van der Waals surface area contributed by atoms with E-state index in [2.05, 4.69) is 0 Å². The largest absolute Gasteiger partial charge is 0.412 e. The zero-order valence-corrected chi connectivity index (χ0v) is 4.84. The Hall–Kier alpha value is 0.0700. The zero-order valence-electron chi connectivity index (χ0n) is 4.02. The van der Waals surface area contributed by atoms with E-state index in [-0.39, 0.29) is 11.6 Å². The summed E-state index contributed by atoms with van der Waals surface area (Å²) in [7, 11) is -0.611. The molecule has 0 unspecified atom stereocenters. The molecule has 0 saturated carbocycles. The smallest absolute Gasteiger partial charge is 0.0148 e. The molecule has 0 aromatic carbocycles. The molecular weight excluding hydrogens is 102 g/mol. The summed E-state index contributed by atoms with van der Waals surface area (Å²) in [5, 5.41) is 0. The lowest BCUT2D eigenvalue weighted by molar-refractivity contribution is 0.690. The molecule has 0 aliphatic heterocycles. The van der Waals surface area contributed by atoms with Crippen LogP contribution in [-0.4, -0.2) is 22.2 Å². The summed E-state index contributed by atoms with van der Waals surface area (Å²) in [6.45, 7) is 0. The number of hydrogen-bond donors (Lipinski definition) is 1. The molecule has 0 radical (unpaired) electrons. The SMILES string of the molecule is CS(C)=O.N.O. The normalized spacial score (nSPS) is 5.83. The lowest BCUT2D eigenvalue weighted by atomic mass is 11.9. The van der Waals surface area contributed by atoms with Crippen molar-refractivity contribution in [1.29, 1.82) is 0 Å². The van der Waals surface area contributed by atoms with Crippen molar-refractivity contribution in [2.75, 3.05) is 12.5 Å². The topological polar surface area (TPSA) is 83.6 Å². The highest BCUT2D eigenvalue weighted by Gasteiger charge is 1.57. The summed E-state index contributed by atoms with van der Waals surface area (Å²) >= 11 is 0. The second kappa shape index (κ2) is 8.91. The fourth-order valence-electron chi connectivity index (χ4n) is 0. The predicted molar refractivity (Wildman–Crippen MR) is 28.6 cm³/mol. The van der Waals surface area contributed by atoms with Crippen molar-refractivity contribution in [3.05, 3.63) is 0 Å². The van der Waals surface area contributed by atoms with Gasteiger partial charge in [-0.25, -0.2) is 0 Å². The van der Waals surface area contributed by atoms with Crippen LogP contribution in [0.15, 0.2) is 0 Å². The van der Waals surface area contributed by atoms with E-state index in [4.69, 9.17) is 0 Å². The third-order valence-electron chi connectivity index (χ3n) is 0. The third-order valence-corrected chi connectivity index (χ3v) is 0. The van der Waals surface area contributed by atoms with E-state index in [1.54, 1.807) is 12.5 Å². The van der Waals surface area contributed by atoms with Crippen molar-refractivity contribution in [2.24, 2.45) is 0 Å². The van der Waals surface area contributed by atoms with Crippen molar-refractivity contribution in [3.63, 3.8) is 0 Å². The van der Waals surface area contributed by atoms with Crippen molar-refractivity contribution < 1.29 is 9.69 Å². The Labute approximate surface area is 40.1 Å². The highest BCUT2D eigenvalue weighted by Crippen LogP contribution is 1.47. The van der Waals surface area contributed by atoms with Crippen LogP contribution in [0.3, 0.4) is 0 Å². The van der Waals surface area contributed by atoms with Gasteiger partial charge < -0.3 is 11.6 Å². The van der Waals surface area contributed by atoms with Gasteiger partial charge in [-0.1, -0.05) is 0 Å². The van der Waals surface area contributed by atoms with E-state index in [0.717, 1.165) is 0 Å². The van der Waals surface area contributed by atoms with Gasteiger partial charge in [0.05, 0.1) is 0 Å². The molecule has 0 atom stereocenters. The quantitative estimate of drug-likeness (QED) is 0.452. The summed E-state index contributed by atoms with van der Waals surface area (Å²) < 4.78 is 9.56. The lowest BCUT2D eigenvalue weighted by Gasteiger charge is -1.60. The average Bonchev–Trinajstić information content (AvgIpc) is 0.811. The highest BCUT2D eigenvalue weighted by atomic mass is 32.2. The Kier molecular flexibility index (Phi) is 24.6. The van der Waals surface area contributed by atoms with Gasteiger partial charge in [-0.3, -0.25) is 4.21 Å². The maximum absolute atomic E-state index is 9.56. The maximum Gasteiger partial charge on any atom is 0.0148 e. The van der Waals surface area contributed by atoms with Crippen LogP contribution in [0.25, 0.3) is 0 Å². The second-order valence-electron chi connectivity index (χ2n) is 0.742. The summed E-state index contributed by atoms with van der Waals surface area (Å²) in [4.78, 5) is 0. The Morgan fingerprint density at radius 1 is 1.33 bits per heavy atom. The molecule has 0 heterocycles. The van der Waals surface area contributed by atoms with Gasteiger partial charge >= 0.3 is 0 Å². The minimum Gasteiger partial charge on any atom is -0.412 e. The predicted octanol–water partition coefficient (Wildman–Crippen LogP) is -0.668. The third kappa shape index (κ3) is 7830. The van der Waals surface area contributed by atoms with Gasteiger partial charge in [0.1, 0.15) is 0 Å². The summed E-state index contributed by atoms with van der Waals surface area (Å²) in [6.07, 6.45) is 3.28. The molecule has 5 N–H and O–H groups in total. The molecule has 0 aliphatic carbocycles. The van der Waals surface area contributed by atoms with E-state index in [9.17, 15) is 4.21 Å². The van der Waals surface area contributed by atoms with Crippen LogP contribution in [0.2, 0.25) is 0 Å². The lowest BCUT2D eigenvalue weighted by Crippen LogP contribution is -1.70. The fourth-order valence-corrected chi connectivity index (χ4v) is 0. The maximum atomic E-state index is 9.56. The molecule has 0 amide bonds. The first kappa shape index (κ1) is 16.6. The van der Waals surface area contributed by atoms with Crippen molar-refractivity contribution in [2.45, 2.75) is 0 Å². The first-order valence-corrected chi connectivity index (χ1v) is 2.95. The fraction of sp³-hybridized carbons (Fsp3) is 1.00. The molecule has 6 heavy (non-hydrogen) atoms. The van der Waals surface area contributed by atoms with Crippen LogP contribution in [0.1, 0.15) is 0 Å². The monoisotopic (exact) mass is 113 g/mol. The minimum atomic E-state index is -0.611. The Balaban J connectivity index is -0.0000000450. The zero-order chi connectivity index (χ0) is 3.58. The summed E-state index contributed by atoms with van der Waals surface area (Å²) in [6, 6.07) is 0. The first-order valence-electron chi connectivity index (χ1n) is 0.983. The van der Waals surface area contributed by atoms with Gasteiger partial charge in [0.25, 0.3) is 0 Å². The minimum absolute atomic E-state index is 0. The molecule has 0 fully saturated rings. The Morgan fingerprint density at radius 3 is 1.33 bits per heavy atom. The molecule has 0 bridgehead atoms. The molecule has 0 aromatic rings. The van der Waals surface area contributed by atoms with Crippen molar-refractivity contribution >= 4 is 10.8 Å². The van der Waals surface area contributed by atoms with Gasteiger partial charge in [-0.15, -0.1) is 0 Å². The Bertz CT molecular complexity index is 34.5. The standard InChI is InChI=1S/C2H6OS.H3N.H2O/c1-4(2)3;;/h1-2H3;1H3;1H2. The van der Waals surface area contributed by atoms with Gasteiger partial charge in [0.15, 0.2) is 0 Å². The van der Waals surface area contributed by atoms with Gasteiger partial charge in [0, 0.05) is 23.3 Å². The summed E-state index contributed by atoms with van der Waals surface area (Å²) in [5.74, 6) is 0. The molecule has 0 spiro atoms. The van der Waals surface area contributed by atoms with E-state index in [0.29, 0.717) is 0 Å². The van der Waals surface area contributed by atoms with Crippen LogP contribution < -0.4 is 6.15 Å². The number of hydrogen-bond acceptors (Lipinski definition) is 2. The second-order valence-corrected chi connectivity index (χ2v) is 2.22. The van der Waals surface area contributed by atoms with E-state index < -0.39 is 10.8 Å². The highest BCUT2D eigenvalue weighted by molar-refractivity contribution is 7.83. The molecule has 4 heteroatoms. The average molecular weight is 113 g/mol. The molecule has 0 saturated heterocycles. The molecule has 0 aromatic heterocycles. The van der Waals surface area contributed by atoms with Crippen LogP contribution in [-0.2, 0) is 10.8 Å². The van der Waals surface area contributed by atoms with Gasteiger partial charge in [0.2, 0.25) is 0 Å². The van der Waals surface area contributed by atoms with Gasteiger partial charge in [-0.2, -0.15) is 0 Å². The van der Waals surface area contributed by atoms with E-state index in [1.807, 2.05) is 0 Å². The van der Waals surface area contributed by atoms with Crippen molar-refractivity contribution in [1.82, 2.24) is 6.15 Å². The first-order chi connectivity index (χ1) is 1.73. The molecule has 3 nitrogen and oxygen atoms in total. The summed E-state index contributed by atoms with van der Waals surface area (Å²) in [5.41, 5.74) is 0.